The molecule has 1 aromatic heterocycles. The highest BCUT2D eigenvalue weighted by Crippen LogP contribution is 2.29. The normalized spacial score (nSPS) is 12.2. The van der Waals surface area contributed by atoms with E-state index in [9.17, 15) is 13.5 Å². The second kappa shape index (κ2) is 6.35. The molecule has 0 saturated carbocycles. The number of hydrogen-bond donors (Lipinski definition) is 1. The van der Waals surface area contributed by atoms with Gasteiger partial charge in [-0.2, -0.15) is 0 Å². The predicted molar refractivity (Wildman–Crippen MR) is 98.7 cm³/mol. The summed E-state index contributed by atoms with van der Waals surface area (Å²) in [6, 6.07) is 12.3. The highest BCUT2D eigenvalue weighted by molar-refractivity contribution is 9.10. The average Bonchev–Trinajstić information content (AvgIpc) is 2.93. The van der Waals surface area contributed by atoms with Crippen molar-refractivity contribution in [2.24, 2.45) is 0 Å². The Bertz CT molecular complexity index is 989. The van der Waals surface area contributed by atoms with Crippen LogP contribution in [0.5, 0.6) is 0 Å². The number of hydrogen-bond acceptors (Lipinski definition) is 3. The Hall–Kier alpha value is -1.63. The van der Waals surface area contributed by atoms with Crippen LogP contribution in [-0.2, 0) is 16.6 Å². The molecule has 3 rings (SSSR count). The van der Waals surface area contributed by atoms with Gasteiger partial charge < -0.3 is 5.11 Å². The van der Waals surface area contributed by atoms with E-state index in [-0.39, 0.29) is 11.5 Å². The molecule has 0 aliphatic rings. The summed E-state index contributed by atoms with van der Waals surface area (Å²) in [5.41, 5.74) is 2.22. The fraction of sp³-hybridized carbons (Fsp3) is 0.222. The Morgan fingerprint density at radius 3 is 2.38 bits per heavy atom. The van der Waals surface area contributed by atoms with Gasteiger partial charge in [0.1, 0.15) is 0 Å². The van der Waals surface area contributed by atoms with Gasteiger partial charge in [0.25, 0.3) is 10.0 Å². The standard InChI is InChI=1S/C18H18BrNO3S/c1-12(2)13-3-6-16(7-4-13)24(22,23)20-10-14(11-21)17-9-15(19)5-8-18(17)20/h3-10,12,21H,11H2,1-2H3. The van der Waals surface area contributed by atoms with Crippen LogP contribution in [0.4, 0.5) is 0 Å². The van der Waals surface area contributed by atoms with Gasteiger partial charge in [0.15, 0.2) is 0 Å². The van der Waals surface area contributed by atoms with Crippen molar-refractivity contribution >= 4 is 36.9 Å². The number of rotatable bonds is 4. The lowest BCUT2D eigenvalue weighted by Gasteiger charge is -2.10. The van der Waals surface area contributed by atoms with Crippen LogP contribution in [0.1, 0.15) is 30.9 Å². The second-order valence-electron chi connectivity index (χ2n) is 6.00. The van der Waals surface area contributed by atoms with Crippen LogP contribution in [0.25, 0.3) is 10.9 Å². The fourth-order valence-electron chi connectivity index (χ4n) is 2.70. The molecular weight excluding hydrogens is 390 g/mol. The topological polar surface area (TPSA) is 59.3 Å². The SMILES string of the molecule is CC(C)c1ccc(S(=O)(=O)n2cc(CO)c3cc(Br)ccc32)cc1. The Labute approximate surface area is 149 Å². The van der Waals surface area contributed by atoms with Crippen molar-refractivity contribution in [3.05, 3.63) is 64.3 Å². The molecule has 0 spiro atoms. The first-order chi connectivity index (χ1) is 11.3. The maximum absolute atomic E-state index is 13.0. The van der Waals surface area contributed by atoms with Crippen LogP contribution in [-0.4, -0.2) is 17.5 Å². The largest absolute Gasteiger partial charge is 0.392 e. The quantitative estimate of drug-likeness (QED) is 0.702. The molecule has 1 N–H and O–H groups in total. The number of nitrogens with zero attached hydrogens (tertiary/aromatic N) is 1. The number of fused-ring (bicyclic) bond motifs is 1. The molecule has 3 aromatic rings. The minimum Gasteiger partial charge on any atom is -0.392 e. The summed E-state index contributed by atoms with van der Waals surface area (Å²) in [6.45, 7) is 3.91. The Morgan fingerprint density at radius 2 is 1.79 bits per heavy atom. The number of aromatic nitrogens is 1. The van der Waals surface area contributed by atoms with E-state index in [4.69, 9.17) is 0 Å². The van der Waals surface area contributed by atoms with E-state index in [0.717, 1.165) is 10.0 Å². The third-order valence-corrected chi connectivity index (χ3v) is 6.27. The molecule has 4 nitrogen and oxygen atoms in total. The summed E-state index contributed by atoms with van der Waals surface area (Å²) in [5.74, 6) is 0.340. The third kappa shape index (κ3) is 2.90. The van der Waals surface area contributed by atoms with E-state index < -0.39 is 10.0 Å². The Morgan fingerprint density at radius 1 is 1.12 bits per heavy atom. The summed E-state index contributed by atoms with van der Waals surface area (Å²) >= 11 is 3.38. The molecule has 0 fully saturated rings. The first kappa shape index (κ1) is 17.2. The molecule has 24 heavy (non-hydrogen) atoms. The van der Waals surface area contributed by atoms with Crippen molar-refractivity contribution in [2.45, 2.75) is 31.3 Å². The number of halogens is 1. The lowest BCUT2D eigenvalue weighted by Crippen LogP contribution is -2.12. The lowest BCUT2D eigenvalue weighted by molar-refractivity contribution is 0.283. The molecule has 1 heterocycles. The van der Waals surface area contributed by atoms with E-state index in [1.165, 1.54) is 10.2 Å². The predicted octanol–water partition coefficient (Wildman–Crippen LogP) is 4.26. The van der Waals surface area contributed by atoms with Gasteiger partial charge in [0, 0.05) is 21.6 Å². The van der Waals surface area contributed by atoms with E-state index in [2.05, 4.69) is 29.8 Å². The summed E-state index contributed by atoms with van der Waals surface area (Å²) in [4.78, 5) is 0.233. The zero-order chi connectivity index (χ0) is 17.5. The van der Waals surface area contributed by atoms with Crippen molar-refractivity contribution in [1.29, 1.82) is 0 Å². The molecule has 0 atom stereocenters. The Balaban J connectivity index is 2.18. The van der Waals surface area contributed by atoms with Crippen molar-refractivity contribution in [2.75, 3.05) is 0 Å². The molecule has 0 radical (unpaired) electrons. The van der Waals surface area contributed by atoms with Crippen molar-refractivity contribution in [3.8, 4) is 0 Å². The van der Waals surface area contributed by atoms with Gasteiger partial charge in [-0.1, -0.05) is 41.9 Å². The van der Waals surface area contributed by atoms with Gasteiger partial charge in [-0.15, -0.1) is 0 Å². The van der Waals surface area contributed by atoms with Gasteiger partial charge in [-0.3, -0.25) is 0 Å². The molecule has 126 valence electrons. The maximum atomic E-state index is 13.0. The van der Waals surface area contributed by atoms with Gasteiger partial charge in [-0.05, 0) is 41.8 Å². The first-order valence-corrected chi connectivity index (χ1v) is 9.84. The molecule has 0 amide bonds. The summed E-state index contributed by atoms with van der Waals surface area (Å²) in [6.07, 6.45) is 1.49. The third-order valence-electron chi connectivity index (χ3n) is 4.09. The van der Waals surface area contributed by atoms with Crippen LogP contribution < -0.4 is 0 Å². The smallest absolute Gasteiger partial charge is 0.268 e. The highest BCUT2D eigenvalue weighted by atomic mass is 79.9. The van der Waals surface area contributed by atoms with E-state index in [1.54, 1.807) is 24.3 Å². The summed E-state index contributed by atoms with van der Waals surface area (Å²) < 4.78 is 28.1. The molecule has 2 aromatic carbocycles. The average molecular weight is 408 g/mol. The zero-order valence-electron chi connectivity index (χ0n) is 13.4. The summed E-state index contributed by atoms with van der Waals surface area (Å²) in [5, 5.41) is 10.3. The van der Waals surface area contributed by atoms with Gasteiger partial charge in [-0.25, -0.2) is 12.4 Å². The van der Waals surface area contributed by atoms with E-state index >= 15 is 0 Å². The van der Waals surface area contributed by atoms with Crippen LogP contribution in [0.3, 0.4) is 0 Å². The van der Waals surface area contributed by atoms with E-state index in [1.807, 2.05) is 18.2 Å². The lowest BCUT2D eigenvalue weighted by atomic mass is 10.0. The summed E-state index contributed by atoms with van der Waals surface area (Å²) in [7, 11) is -3.72. The zero-order valence-corrected chi connectivity index (χ0v) is 15.8. The number of aliphatic hydroxyl groups is 1. The molecular formula is C18H18BrNO3S. The first-order valence-electron chi connectivity index (χ1n) is 7.60. The molecule has 6 heteroatoms. The maximum Gasteiger partial charge on any atom is 0.268 e. The fourth-order valence-corrected chi connectivity index (χ4v) is 4.45. The molecule has 0 aliphatic carbocycles. The van der Waals surface area contributed by atoms with Gasteiger partial charge >= 0.3 is 0 Å². The van der Waals surface area contributed by atoms with E-state index in [0.29, 0.717) is 22.4 Å². The van der Waals surface area contributed by atoms with Gasteiger partial charge in [0.05, 0.1) is 17.0 Å². The molecule has 0 saturated heterocycles. The van der Waals surface area contributed by atoms with Crippen LogP contribution in [0.2, 0.25) is 0 Å². The minimum absolute atomic E-state index is 0.220. The molecule has 0 aliphatic heterocycles. The number of benzene rings is 2. The minimum atomic E-state index is -3.72. The van der Waals surface area contributed by atoms with Crippen LogP contribution >= 0.6 is 15.9 Å². The molecule has 0 unspecified atom stereocenters. The highest BCUT2D eigenvalue weighted by Gasteiger charge is 2.21. The van der Waals surface area contributed by atoms with Crippen molar-refractivity contribution in [3.63, 3.8) is 0 Å². The second-order valence-corrected chi connectivity index (χ2v) is 8.73. The number of aliphatic hydroxyl groups excluding tert-OH is 1. The van der Waals surface area contributed by atoms with Crippen LogP contribution in [0, 0.1) is 0 Å². The van der Waals surface area contributed by atoms with Crippen LogP contribution in [0.15, 0.2) is 58.0 Å². The molecule has 0 bridgehead atoms. The monoisotopic (exact) mass is 407 g/mol. The van der Waals surface area contributed by atoms with Crippen molar-refractivity contribution < 1.29 is 13.5 Å². The van der Waals surface area contributed by atoms with Gasteiger partial charge in [0.2, 0.25) is 0 Å². The van der Waals surface area contributed by atoms with Crippen molar-refractivity contribution in [1.82, 2.24) is 3.97 Å². The Kier molecular flexibility index (Phi) is 4.55.